The van der Waals surface area contributed by atoms with Crippen LogP contribution >= 0.6 is 15.9 Å². The minimum atomic E-state index is -1.03. The summed E-state index contributed by atoms with van der Waals surface area (Å²) < 4.78 is 14.3. The first-order valence-corrected chi connectivity index (χ1v) is 6.21. The summed E-state index contributed by atoms with van der Waals surface area (Å²) in [6, 6.07) is 9.18. The van der Waals surface area contributed by atoms with Gasteiger partial charge in [-0.2, -0.15) is 5.26 Å². The van der Waals surface area contributed by atoms with Crippen LogP contribution in [0.5, 0.6) is 0 Å². The average Bonchev–Trinajstić information content (AvgIpc) is 2.40. The highest BCUT2D eigenvalue weighted by atomic mass is 79.9. The van der Waals surface area contributed by atoms with E-state index in [9.17, 15) is 9.18 Å². The molecule has 1 unspecified atom stereocenters. The van der Waals surface area contributed by atoms with E-state index in [2.05, 4.69) is 20.9 Å². The second kappa shape index (κ2) is 5.72. The number of benzene rings is 1. The van der Waals surface area contributed by atoms with E-state index in [1.54, 1.807) is 18.2 Å². The maximum Gasteiger partial charge on any atom is 0.187 e. The van der Waals surface area contributed by atoms with Crippen LogP contribution < -0.4 is 0 Å². The third kappa shape index (κ3) is 2.85. The van der Waals surface area contributed by atoms with Gasteiger partial charge < -0.3 is 0 Å². The van der Waals surface area contributed by atoms with Crippen LogP contribution in [0.4, 0.5) is 4.39 Å². The molecule has 0 fully saturated rings. The lowest BCUT2D eigenvalue weighted by atomic mass is 9.92. The number of hydrogen-bond donors (Lipinski definition) is 0. The van der Waals surface area contributed by atoms with Gasteiger partial charge in [0.1, 0.15) is 11.7 Å². The molecule has 3 nitrogen and oxygen atoms in total. The van der Waals surface area contributed by atoms with Crippen LogP contribution in [0.3, 0.4) is 0 Å². The number of halogens is 2. The van der Waals surface area contributed by atoms with E-state index in [1.165, 1.54) is 24.5 Å². The number of ketones is 1. The highest BCUT2D eigenvalue weighted by Gasteiger charge is 2.24. The topological polar surface area (TPSA) is 53.8 Å². The fourth-order valence-corrected chi connectivity index (χ4v) is 2.02. The van der Waals surface area contributed by atoms with Crippen molar-refractivity contribution in [3.63, 3.8) is 0 Å². The SMILES string of the molecule is N#CC(C(=O)c1ccc(Br)cc1F)c1ccncc1. The maximum absolute atomic E-state index is 13.7. The zero-order valence-corrected chi connectivity index (χ0v) is 11.3. The number of nitrogens with zero attached hydrogens (tertiary/aromatic N) is 2. The fourth-order valence-electron chi connectivity index (χ4n) is 1.69. The normalized spacial score (nSPS) is 11.6. The van der Waals surface area contributed by atoms with Gasteiger partial charge >= 0.3 is 0 Å². The van der Waals surface area contributed by atoms with Crippen LogP contribution in [0, 0.1) is 17.1 Å². The van der Waals surface area contributed by atoms with Gasteiger partial charge in [0, 0.05) is 16.9 Å². The highest BCUT2D eigenvalue weighted by Crippen LogP contribution is 2.23. The molecule has 0 spiro atoms. The summed E-state index contributed by atoms with van der Waals surface area (Å²) >= 11 is 3.12. The van der Waals surface area contributed by atoms with Crippen molar-refractivity contribution < 1.29 is 9.18 Å². The molecular formula is C14H8BrFN2O. The van der Waals surface area contributed by atoms with Gasteiger partial charge in [-0.05, 0) is 35.9 Å². The van der Waals surface area contributed by atoms with Crippen LogP contribution in [-0.4, -0.2) is 10.8 Å². The number of carbonyl (C=O) groups excluding carboxylic acids is 1. The second-order valence-corrected chi connectivity index (χ2v) is 4.75. The van der Waals surface area contributed by atoms with E-state index >= 15 is 0 Å². The Morgan fingerprint density at radius 2 is 2.00 bits per heavy atom. The van der Waals surface area contributed by atoms with Gasteiger partial charge in [0.25, 0.3) is 0 Å². The van der Waals surface area contributed by atoms with Crippen LogP contribution in [0.1, 0.15) is 21.8 Å². The summed E-state index contributed by atoms with van der Waals surface area (Å²) in [6.07, 6.45) is 2.98. The first-order valence-electron chi connectivity index (χ1n) is 5.42. The number of rotatable bonds is 3. The van der Waals surface area contributed by atoms with Crippen molar-refractivity contribution in [2.24, 2.45) is 0 Å². The summed E-state index contributed by atoms with van der Waals surface area (Å²) in [5.74, 6) is -2.23. The molecule has 1 aromatic carbocycles. The molecule has 0 radical (unpaired) electrons. The Hall–Kier alpha value is -2.06. The highest BCUT2D eigenvalue weighted by molar-refractivity contribution is 9.10. The Kier molecular flexibility index (Phi) is 4.03. The molecule has 5 heteroatoms. The van der Waals surface area contributed by atoms with Crippen molar-refractivity contribution in [2.45, 2.75) is 5.92 Å². The molecule has 19 heavy (non-hydrogen) atoms. The number of carbonyl (C=O) groups is 1. The van der Waals surface area contributed by atoms with Crippen molar-refractivity contribution in [2.75, 3.05) is 0 Å². The molecule has 94 valence electrons. The van der Waals surface area contributed by atoms with Gasteiger partial charge in [0.2, 0.25) is 0 Å². The maximum atomic E-state index is 13.7. The lowest BCUT2D eigenvalue weighted by molar-refractivity contribution is 0.0975. The molecule has 1 aromatic heterocycles. The second-order valence-electron chi connectivity index (χ2n) is 3.83. The minimum absolute atomic E-state index is 0.0911. The lowest BCUT2D eigenvalue weighted by Crippen LogP contribution is -2.13. The van der Waals surface area contributed by atoms with Gasteiger partial charge in [-0.15, -0.1) is 0 Å². The molecule has 0 aliphatic rings. The summed E-state index contributed by atoms with van der Waals surface area (Å²) in [6.45, 7) is 0. The molecule has 2 aromatic rings. The van der Waals surface area contributed by atoms with E-state index in [0.717, 1.165) is 0 Å². The lowest BCUT2D eigenvalue weighted by Gasteiger charge is -2.09. The van der Waals surface area contributed by atoms with Crippen molar-refractivity contribution in [1.29, 1.82) is 5.26 Å². The predicted molar refractivity (Wildman–Crippen MR) is 71.0 cm³/mol. The smallest absolute Gasteiger partial charge is 0.187 e. The van der Waals surface area contributed by atoms with E-state index < -0.39 is 17.5 Å². The minimum Gasteiger partial charge on any atom is -0.292 e. The molecule has 1 heterocycles. The third-order valence-electron chi connectivity index (χ3n) is 2.63. The van der Waals surface area contributed by atoms with E-state index in [1.807, 2.05) is 6.07 Å². The molecule has 0 aliphatic heterocycles. The fraction of sp³-hybridized carbons (Fsp3) is 0.0714. The molecular weight excluding hydrogens is 311 g/mol. The number of hydrogen-bond acceptors (Lipinski definition) is 3. The van der Waals surface area contributed by atoms with E-state index in [-0.39, 0.29) is 5.56 Å². The third-order valence-corrected chi connectivity index (χ3v) is 3.12. The number of pyridine rings is 1. The Morgan fingerprint density at radius 1 is 1.32 bits per heavy atom. The molecule has 0 bridgehead atoms. The first-order chi connectivity index (χ1) is 9.13. The average molecular weight is 319 g/mol. The number of nitriles is 1. The summed E-state index contributed by atoms with van der Waals surface area (Å²) in [7, 11) is 0. The molecule has 2 rings (SSSR count). The molecule has 0 N–H and O–H groups in total. The largest absolute Gasteiger partial charge is 0.292 e. The summed E-state index contributed by atoms with van der Waals surface area (Å²) in [4.78, 5) is 16.0. The predicted octanol–water partition coefficient (Wildman–Crippen LogP) is 3.47. The summed E-state index contributed by atoms with van der Waals surface area (Å²) in [5, 5.41) is 9.13. The molecule has 0 aliphatic carbocycles. The van der Waals surface area contributed by atoms with E-state index in [0.29, 0.717) is 10.0 Å². The number of aromatic nitrogens is 1. The molecule has 0 saturated heterocycles. The van der Waals surface area contributed by atoms with Gasteiger partial charge in [-0.25, -0.2) is 4.39 Å². The monoisotopic (exact) mass is 318 g/mol. The van der Waals surface area contributed by atoms with Crippen molar-refractivity contribution >= 4 is 21.7 Å². The van der Waals surface area contributed by atoms with Gasteiger partial charge in [-0.3, -0.25) is 9.78 Å². The Labute approximate surface area is 117 Å². The van der Waals surface area contributed by atoms with Crippen molar-refractivity contribution in [1.82, 2.24) is 4.98 Å². The zero-order valence-electron chi connectivity index (χ0n) is 9.68. The quantitative estimate of drug-likeness (QED) is 0.814. The standard InChI is InChI=1S/C14H8BrFN2O/c15-10-1-2-11(13(16)7-10)14(19)12(8-17)9-3-5-18-6-4-9/h1-7,12H. The molecule has 1 atom stereocenters. The van der Waals surface area contributed by atoms with Gasteiger partial charge in [0.15, 0.2) is 5.78 Å². The van der Waals surface area contributed by atoms with Gasteiger partial charge in [-0.1, -0.05) is 15.9 Å². The number of Topliss-reactive ketones (excluding diaryl/α,β-unsaturated/α-hetero) is 1. The zero-order chi connectivity index (χ0) is 13.8. The van der Waals surface area contributed by atoms with E-state index in [4.69, 9.17) is 5.26 Å². The molecule has 0 amide bonds. The molecule has 0 saturated carbocycles. The van der Waals surface area contributed by atoms with Crippen LogP contribution in [0.25, 0.3) is 0 Å². The van der Waals surface area contributed by atoms with Crippen molar-refractivity contribution in [3.8, 4) is 6.07 Å². The Morgan fingerprint density at radius 3 is 2.58 bits per heavy atom. The van der Waals surface area contributed by atoms with Crippen molar-refractivity contribution in [3.05, 3.63) is 64.1 Å². The Bertz CT molecular complexity index is 652. The Balaban J connectivity index is 2.40. The van der Waals surface area contributed by atoms with Crippen LogP contribution in [-0.2, 0) is 0 Å². The summed E-state index contributed by atoms with van der Waals surface area (Å²) in [5.41, 5.74) is 0.413. The van der Waals surface area contributed by atoms with Crippen LogP contribution in [0.2, 0.25) is 0 Å². The first kappa shape index (κ1) is 13.4. The van der Waals surface area contributed by atoms with Crippen LogP contribution in [0.15, 0.2) is 47.2 Å². The van der Waals surface area contributed by atoms with Gasteiger partial charge in [0.05, 0.1) is 11.6 Å².